The molecule has 0 radical (unpaired) electrons. The van der Waals surface area contributed by atoms with E-state index in [0.717, 1.165) is 6.42 Å². The molecule has 0 aromatic heterocycles. The van der Waals surface area contributed by atoms with Gasteiger partial charge in [0.15, 0.2) is 5.41 Å². The van der Waals surface area contributed by atoms with Gasteiger partial charge in [0.1, 0.15) is 0 Å². The highest BCUT2D eigenvalue weighted by molar-refractivity contribution is 6.80. The summed E-state index contributed by atoms with van der Waals surface area (Å²) >= 11 is 0. The average molecular weight is 324 g/mol. The van der Waals surface area contributed by atoms with Crippen LogP contribution in [0.15, 0.2) is 11.8 Å². The lowest BCUT2D eigenvalue weighted by Crippen LogP contribution is -2.41. The van der Waals surface area contributed by atoms with E-state index in [9.17, 15) is 9.59 Å². The van der Waals surface area contributed by atoms with E-state index in [-0.39, 0.29) is 5.41 Å². The zero-order valence-electron chi connectivity index (χ0n) is 14.4. The fourth-order valence-corrected chi connectivity index (χ4v) is 4.39. The van der Waals surface area contributed by atoms with Gasteiger partial charge in [-0.25, -0.2) is 0 Å². The molecule has 22 heavy (non-hydrogen) atoms. The van der Waals surface area contributed by atoms with E-state index in [4.69, 9.17) is 9.47 Å². The van der Waals surface area contributed by atoms with E-state index < -0.39 is 25.4 Å². The lowest BCUT2D eigenvalue weighted by Gasteiger charge is -2.27. The van der Waals surface area contributed by atoms with Crippen molar-refractivity contribution in [3.63, 3.8) is 0 Å². The standard InChI is InChI=1S/C17H28O4Si/c1-6-20-14(18)17(15(19)21-7-2)11-13-10-16(13,12-17)8-9-22(3,4)5/h8-9,13H,6-7,10-12H2,1-5H3/b9-8+/t13-,16+/m0/s1. The maximum Gasteiger partial charge on any atom is 0.323 e. The molecule has 0 saturated heterocycles. The summed E-state index contributed by atoms with van der Waals surface area (Å²) < 4.78 is 10.4. The maximum absolute atomic E-state index is 12.5. The van der Waals surface area contributed by atoms with Crippen LogP contribution < -0.4 is 0 Å². The zero-order valence-corrected chi connectivity index (χ0v) is 15.4. The molecule has 0 spiro atoms. The number of esters is 2. The van der Waals surface area contributed by atoms with Crippen LogP contribution in [-0.2, 0) is 19.1 Å². The van der Waals surface area contributed by atoms with Crippen LogP contribution in [0.4, 0.5) is 0 Å². The van der Waals surface area contributed by atoms with Crippen molar-refractivity contribution in [1.82, 2.24) is 0 Å². The van der Waals surface area contributed by atoms with Gasteiger partial charge in [-0.15, -0.1) is 0 Å². The van der Waals surface area contributed by atoms with Gasteiger partial charge in [-0.1, -0.05) is 31.4 Å². The number of ether oxygens (including phenoxy) is 2. The molecule has 2 aliphatic carbocycles. The second kappa shape index (κ2) is 5.83. The van der Waals surface area contributed by atoms with Crippen molar-refractivity contribution in [3.8, 4) is 0 Å². The van der Waals surface area contributed by atoms with Crippen LogP contribution in [-0.4, -0.2) is 33.2 Å². The van der Waals surface area contributed by atoms with Crippen LogP contribution in [0.5, 0.6) is 0 Å². The molecule has 0 N–H and O–H groups in total. The highest BCUT2D eigenvalue weighted by Crippen LogP contribution is 2.70. The summed E-state index contributed by atoms with van der Waals surface area (Å²) in [6.07, 6.45) is 4.47. The van der Waals surface area contributed by atoms with Gasteiger partial charge in [0.2, 0.25) is 0 Å². The van der Waals surface area contributed by atoms with Gasteiger partial charge in [0.05, 0.1) is 21.3 Å². The van der Waals surface area contributed by atoms with Crippen molar-refractivity contribution in [1.29, 1.82) is 0 Å². The Bertz CT molecular complexity index is 473. The number of hydrogen-bond acceptors (Lipinski definition) is 4. The molecule has 5 heteroatoms. The summed E-state index contributed by atoms with van der Waals surface area (Å²) in [7, 11) is -1.29. The van der Waals surface area contributed by atoms with Gasteiger partial charge in [-0.3, -0.25) is 9.59 Å². The number of rotatable bonds is 6. The largest absolute Gasteiger partial charge is 0.465 e. The van der Waals surface area contributed by atoms with E-state index in [1.807, 2.05) is 0 Å². The molecule has 124 valence electrons. The number of allylic oxidation sites excluding steroid dienone is 1. The molecule has 0 bridgehead atoms. The number of hydrogen-bond donors (Lipinski definition) is 0. The van der Waals surface area contributed by atoms with E-state index in [2.05, 4.69) is 31.4 Å². The van der Waals surface area contributed by atoms with Crippen molar-refractivity contribution >= 4 is 20.0 Å². The first-order valence-corrected chi connectivity index (χ1v) is 11.8. The van der Waals surface area contributed by atoms with E-state index in [1.54, 1.807) is 13.8 Å². The van der Waals surface area contributed by atoms with Gasteiger partial charge in [0, 0.05) is 0 Å². The monoisotopic (exact) mass is 324 g/mol. The molecule has 0 unspecified atom stereocenters. The normalized spacial score (nSPS) is 29.2. The van der Waals surface area contributed by atoms with Crippen LogP contribution in [0.25, 0.3) is 0 Å². The number of carbonyl (C=O) groups is 2. The smallest absolute Gasteiger partial charge is 0.323 e. The summed E-state index contributed by atoms with van der Waals surface area (Å²) in [6, 6.07) is 0. The molecule has 2 fully saturated rings. The topological polar surface area (TPSA) is 52.6 Å². The van der Waals surface area contributed by atoms with Crippen molar-refractivity contribution in [2.45, 2.75) is 52.8 Å². The Balaban J connectivity index is 2.23. The molecular weight excluding hydrogens is 296 g/mol. The zero-order chi connectivity index (χ0) is 16.6. The fourth-order valence-electron chi connectivity index (χ4n) is 3.56. The van der Waals surface area contributed by atoms with Crippen LogP contribution in [0.2, 0.25) is 19.6 Å². The Morgan fingerprint density at radius 2 is 1.64 bits per heavy atom. The minimum atomic E-state index is -1.29. The molecule has 2 aliphatic rings. The third-order valence-electron chi connectivity index (χ3n) is 4.75. The maximum atomic E-state index is 12.5. The lowest BCUT2D eigenvalue weighted by atomic mass is 9.80. The Labute approximate surface area is 134 Å². The minimum absolute atomic E-state index is 0.0137. The second-order valence-corrected chi connectivity index (χ2v) is 12.8. The summed E-state index contributed by atoms with van der Waals surface area (Å²) in [5.74, 6) is -0.392. The summed E-state index contributed by atoms with van der Waals surface area (Å²) in [5, 5.41) is 0. The predicted octanol–water partition coefficient (Wildman–Crippen LogP) is 3.33. The SMILES string of the molecule is CCOC(=O)C1(C(=O)OCC)C[C@@H]2C[C@]2(/C=C/[Si](C)(C)C)C1. The first-order valence-electron chi connectivity index (χ1n) is 8.24. The molecule has 0 heterocycles. The molecule has 0 aliphatic heterocycles. The van der Waals surface area contributed by atoms with Gasteiger partial charge < -0.3 is 9.47 Å². The number of fused-ring (bicyclic) bond motifs is 1. The quantitative estimate of drug-likeness (QED) is 0.427. The lowest BCUT2D eigenvalue weighted by molar-refractivity contribution is -0.172. The summed E-state index contributed by atoms with van der Waals surface area (Å²) in [4.78, 5) is 24.9. The summed E-state index contributed by atoms with van der Waals surface area (Å²) in [6.45, 7) is 11.0. The van der Waals surface area contributed by atoms with Crippen molar-refractivity contribution in [3.05, 3.63) is 11.8 Å². The first kappa shape index (κ1) is 17.3. The molecule has 2 saturated carbocycles. The molecule has 0 amide bonds. The predicted molar refractivity (Wildman–Crippen MR) is 88.0 cm³/mol. The Morgan fingerprint density at radius 1 is 1.09 bits per heavy atom. The Hall–Kier alpha value is -1.10. The summed E-state index contributed by atoms with van der Waals surface area (Å²) in [5.41, 5.74) is 1.26. The molecule has 0 aromatic carbocycles. The third kappa shape index (κ3) is 3.14. The van der Waals surface area contributed by atoms with Gasteiger partial charge in [-0.2, -0.15) is 0 Å². The number of carbonyl (C=O) groups excluding carboxylic acids is 2. The van der Waals surface area contributed by atoms with Crippen LogP contribution in [0.3, 0.4) is 0 Å². The molecule has 2 rings (SSSR count). The Kier molecular flexibility index (Phi) is 4.58. The van der Waals surface area contributed by atoms with E-state index in [1.165, 1.54) is 0 Å². The highest BCUT2D eigenvalue weighted by Gasteiger charge is 2.70. The third-order valence-corrected chi connectivity index (χ3v) is 5.92. The van der Waals surface area contributed by atoms with E-state index >= 15 is 0 Å². The van der Waals surface area contributed by atoms with E-state index in [0.29, 0.717) is 32.0 Å². The van der Waals surface area contributed by atoms with Crippen molar-refractivity contribution < 1.29 is 19.1 Å². The van der Waals surface area contributed by atoms with Crippen LogP contribution in [0.1, 0.15) is 33.1 Å². The van der Waals surface area contributed by atoms with Crippen molar-refractivity contribution in [2.24, 2.45) is 16.7 Å². The van der Waals surface area contributed by atoms with Gasteiger partial charge >= 0.3 is 11.9 Å². The second-order valence-electron chi connectivity index (χ2n) is 7.74. The van der Waals surface area contributed by atoms with Crippen LogP contribution in [0, 0.1) is 16.7 Å². The first-order chi connectivity index (χ1) is 10.2. The van der Waals surface area contributed by atoms with Crippen molar-refractivity contribution in [2.75, 3.05) is 13.2 Å². The van der Waals surface area contributed by atoms with Crippen LogP contribution >= 0.6 is 0 Å². The molecule has 4 nitrogen and oxygen atoms in total. The highest BCUT2D eigenvalue weighted by atomic mass is 28.3. The molecule has 0 aromatic rings. The molecule has 2 atom stereocenters. The van der Waals surface area contributed by atoms with Gasteiger partial charge in [-0.05, 0) is 44.4 Å². The minimum Gasteiger partial charge on any atom is -0.465 e. The van der Waals surface area contributed by atoms with Gasteiger partial charge in [0.25, 0.3) is 0 Å². The fraction of sp³-hybridized carbons (Fsp3) is 0.765. The molecular formula is C17H28O4Si. The Morgan fingerprint density at radius 3 is 2.09 bits per heavy atom. The average Bonchev–Trinajstić information content (AvgIpc) is 2.98.